The van der Waals surface area contributed by atoms with Gasteiger partial charge in [0, 0.05) is 23.8 Å². The van der Waals surface area contributed by atoms with Crippen molar-refractivity contribution in [1.29, 1.82) is 0 Å². The third-order valence-electron chi connectivity index (χ3n) is 8.03. The number of anilines is 2. The van der Waals surface area contributed by atoms with Crippen molar-refractivity contribution in [3.05, 3.63) is 60.2 Å². The van der Waals surface area contributed by atoms with Crippen LogP contribution in [0.5, 0.6) is 34.5 Å². The van der Waals surface area contributed by atoms with E-state index in [4.69, 9.17) is 20.9 Å². The minimum absolute atomic E-state index is 0.00129. The van der Waals surface area contributed by atoms with Crippen molar-refractivity contribution in [3.63, 3.8) is 0 Å². The molecule has 0 aliphatic heterocycles. The van der Waals surface area contributed by atoms with Gasteiger partial charge in [-0.15, -0.1) is 0 Å². The summed E-state index contributed by atoms with van der Waals surface area (Å²) in [5.41, 5.74) is 13.5. The number of rotatable bonds is 5. The summed E-state index contributed by atoms with van der Waals surface area (Å²) in [6.45, 7) is 0. The van der Waals surface area contributed by atoms with Crippen LogP contribution >= 0.6 is 0 Å². The van der Waals surface area contributed by atoms with Crippen molar-refractivity contribution >= 4 is 11.4 Å². The number of ether oxygens (including phenoxy) is 2. The molecule has 3 aromatic rings. The summed E-state index contributed by atoms with van der Waals surface area (Å²) in [7, 11) is 0. The van der Waals surface area contributed by atoms with E-state index in [2.05, 4.69) is 6.07 Å². The topological polar surface area (TPSA) is 111 Å². The lowest BCUT2D eigenvalue weighted by Crippen LogP contribution is -2.48. The lowest BCUT2D eigenvalue weighted by Gasteiger charge is -2.57. The van der Waals surface area contributed by atoms with E-state index >= 15 is 0 Å². The molecule has 0 saturated heterocycles. The maximum atomic E-state index is 10.1. The first-order chi connectivity index (χ1) is 16.4. The van der Waals surface area contributed by atoms with E-state index in [0.717, 1.165) is 23.5 Å². The second-order valence-corrected chi connectivity index (χ2v) is 10.5. The minimum Gasteiger partial charge on any atom is -0.506 e. The molecule has 4 bridgehead atoms. The van der Waals surface area contributed by atoms with Crippen LogP contribution in [0, 0.1) is 17.8 Å². The third-order valence-corrected chi connectivity index (χ3v) is 8.03. The van der Waals surface area contributed by atoms with Gasteiger partial charge in [-0.05, 0) is 92.0 Å². The highest BCUT2D eigenvalue weighted by molar-refractivity contribution is 5.57. The van der Waals surface area contributed by atoms with Crippen LogP contribution in [-0.4, -0.2) is 10.2 Å². The molecule has 0 aromatic heterocycles. The van der Waals surface area contributed by atoms with Crippen molar-refractivity contribution in [2.24, 2.45) is 17.8 Å². The van der Waals surface area contributed by atoms with Gasteiger partial charge in [0.1, 0.15) is 34.5 Å². The lowest BCUT2D eigenvalue weighted by molar-refractivity contribution is -0.00599. The number of phenols is 2. The number of nitrogen functional groups attached to an aromatic ring is 2. The van der Waals surface area contributed by atoms with Crippen LogP contribution in [0.3, 0.4) is 0 Å². The van der Waals surface area contributed by atoms with Gasteiger partial charge in [0.25, 0.3) is 0 Å². The highest BCUT2D eigenvalue weighted by Crippen LogP contribution is 2.62. The Balaban J connectivity index is 1.39. The van der Waals surface area contributed by atoms with Crippen molar-refractivity contribution < 1.29 is 19.7 Å². The van der Waals surface area contributed by atoms with Crippen LogP contribution in [0.25, 0.3) is 0 Å². The Kier molecular flexibility index (Phi) is 4.80. The molecular formula is C28H30N2O4. The number of benzene rings is 3. The molecule has 4 fully saturated rings. The Morgan fingerprint density at radius 2 is 1.12 bits per heavy atom. The Hall–Kier alpha value is -3.54. The second kappa shape index (κ2) is 7.76. The number of nitrogens with two attached hydrogens (primary N) is 2. The van der Waals surface area contributed by atoms with Crippen LogP contribution in [0.4, 0.5) is 11.4 Å². The largest absolute Gasteiger partial charge is 0.506 e. The maximum Gasteiger partial charge on any atom is 0.142 e. The van der Waals surface area contributed by atoms with E-state index < -0.39 is 0 Å². The number of hydrogen-bond donors (Lipinski definition) is 4. The maximum absolute atomic E-state index is 10.1. The lowest BCUT2D eigenvalue weighted by atomic mass is 9.48. The highest BCUT2D eigenvalue weighted by atomic mass is 16.5. The number of aromatic hydroxyl groups is 2. The fraction of sp³-hybridized carbons (Fsp3) is 0.357. The number of hydrogen-bond acceptors (Lipinski definition) is 6. The van der Waals surface area contributed by atoms with Crippen LogP contribution in [0.1, 0.15) is 44.1 Å². The Morgan fingerprint density at radius 3 is 1.65 bits per heavy atom. The van der Waals surface area contributed by atoms with Gasteiger partial charge in [-0.1, -0.05) is 6.07 Å². The summed E-state index contributed by atoms with van der Waals surface area (Å²) in [4.78, 5) is 0. The normalized spacial score (nSPS) is 27.0. The first-order valence-corrected chi connectivity index (χ1v) is 12.0. The molecule has 0 spiro atoms. The monoisotopic (exact) mass is 458 g/mol. The summed E-state index contributed by atoms with van der Waals surface area (Å²) in [6.07, 6.45) is 7.70. The summed E-state index contributed by atoms with van der Waals surface area (Å²) in [6, 6.07) is 15.8. The third kappa shape index (κ3) is 3.67. The molecule has 4 aliphatic carbocycles. The first-order valence-electron chi connectivity index (χ1n) is 12.0. The average Bonchev–Trinajstić information content (AvgIpc) is 2.78. The van der Waals surface area contributed by atoms with Gasteiger partial charge in [-0.2, -0.15) is 0 Å². The average molecular weight is 459 g/mol. The van der Waals surface area contributed by atoms with Crippen molar-refractivity contribution in [3.8, 4) is 34.5 Å². The zero-order valence-electron chi connectivity index (χ0n) is 19.0. The van der Waals surface area contributed by atoms with Crippen LogP contribution in [0.15, 0.2) is 54.6 Å². The van der Waals surface area contributed by atoms with Gasteiger partial charge in [0.2, 0.25) is 0 Å². The van der Waals surface area contributed by atoms with Crippen LogP contribution < -0.4 is 20.9 Å². The molecule has 7 rings (SSSR count). The molecule has 4 saturated carbocycles. The van der Waals surface area contributed by atoms with E-state index in [-0.39, 0.29) is 16.9 Å². The van der Waals surface area contributed by atoms with Crippen molar-refractivity contribution in [2.75, 3.05) is 11.5 Å². The predicted molar refractivity (Wildman–Crippen MR) is 131 cm³/mol. The zero-order chi connectivity index (χ0) is 23.4. The van der Waals surface area contributed by atoms with Gasteiger partial charge >= 0.3 is 0 Å². The molecule has 0 amide bonds. The van der Waals surface area contributed by atoms with E-state index in [1.54, 1.807) is 30.3 Å². The zero-order valence-corrected chi connectivity index (χ0v) is 19.0. The molecule has 4 aliphatic rings. The minimum atomic E-state index is -0.0171. The van der Waals surface area contributed by atoms with E-state index in [0.29, 0.717) is 28.6 Å². The van der Waals surface area contributed by atoms with Crippen molar-refractivity contribution in [2.45, 2.75) is 43.9 Å². The Labute approximate surface area is 199 Å². The summed E-state index contributed by atoms with van der Waals surface area (Å²) >= 11 is 0. The Bertz CT molecular complexity index is 1220. The fourth-order valence-electron chi connectivity index (χ4n) is 6.97. The molecule has 0 radical (unpaired) electrons. The number of phenolic OH excluding ortho intramolecular Hbond substituents is 2. The van der Waals surface area contributed by atoms with Gasteiger partial charge < -0.3 is 31.2 Å². The van der Waals surface area contributed by atoms with Crippen LogP contribution in [0.2, 0.25) is 0 Å². The molecule has 6 heteroatoms. The predicted octanol–water partition coefficient (Wildman–Crippen LogP) is 6.31. The summed E-state index contributed by atoms with van der Waals surface area (Å²) in [5.74, 6) is 4.74. The Morgan fingerprint density at radius 1 is 0.647 bits per heavy atom. The smallest absolute Gasteiger partial charge is 0.142 e. The van der Waals surface area contributed by atoms with Crippen molar-refractivity contribution in [1.82, 2.24) is 0 Å². The first kappa shape index (κ1) is 21.0. The highest BCUT2D eigenvalue weighted by Gasteiger charge is 2.52. The second-order valence-electron chi connectivity index (χ2n) is 10.5. The molecule has 0 heterocycles. The van der Waals surface area contributed by atoms with Crippen LogP contribution in [-0.2, 0) is 5.41 Å². The SMILES string of the molecule is Nc1ccc(Oc2ccc(C34CC5CC(CC(C5)C3)C4)c(Oc3ccc(N)c(O)c3)c2)cc1O. The molecule has 34 heavy (non-hydrogen) atoms. The standard InChI is InChI=1S/C28H30N2O4/c29-23-5-2-19(10-25(23)31)33-21-1-4-22(27(12-21)34-20-3-6-24(30)26(32)11-20)28-13-16-7-17(14-28)9-18(8-16)15-28/h1-6,10-12,16-18,31-32H,7-9,13-15,29-30H2. The van der Waals surface area contributed by atoms with Gasteiger partial charge in [0.15, 0.2) is 0 Å². The fourth-order valence-corrected chi connectivity index (χ4v) is 6.97. The van der Waals surface area contributed by atoms with E-state index in [1.165, 1.54) is 50.2 Å². The van der Waals surface area contributed by atoms with Gasteiger partial charge in [-0.3, -0.25) is 0 Å². The molecular weight excluding hydrogens is 428 g/mol. The summed E-state index contributed by atoms with van der Waals surface area (Å²) in [5, 5.41) is 20.1. The van der Waals surface area contributed by atoms with E-state index in [9.17, 15) is 10.2 Å². The summed E-state index contributed by atoms with van der Waals surface area (Å²) < 4.78 is 12.4. The molecule has 0 unspecified atom stereocenters. The quantitative estimate of drug-likeness (QED) is 0.263. The molecule has 6 N–H and O–H groups in total. The molecule has 6 nitrogen and oxygen atoms in total. The van der Waals surface area contributed by atoms with E-state index in [1.807, 2.05) is 12.1 Å². The molecule has 3 aromatic carbocycles. The molecule has 176 valence electrons. The molecule has 0 atom stereocenters. The van der Waals surface area contributed by atoms with Gasteiger partial charge in [-0.25, -0.2) is 0 Å². The van der Waals surface area contributed by atoms with Gasteiger partial charge in [0.05, 0.1) is 11.4 Å².